The second-order valence-corrected chi connectivity index (χ2v) is 4.14. The van der Waals surface area contributed by atoms with Crippen molar-refractivity contribution >= 4 is 52.4 Å². The van der Waals surface area contributed by atoms with Gasteiger partial charge >= 0.3 is 0 Å². The number of nitrogen functional groups attached to an aromatic ring is 1. The Morgan fingerprint density at radius 2 is 1.82 bits per heavy atom. The summed E-state index contributed by atoms with van der Waals surface area (Å²) in [4.78, 5) is 11.3. The minimum absolute atomic E-state index is 0.00171. The lowest BCUT2D eigenvalue weighted by molar-refractivity contribution is 1.07. The van der Waals surface area contributed by atoms with Crippen molar-refractivity contribution in [2.45, 2.75) is 0 Å². The molecule has 0 unspecified atom stereocenters. The molecule has 88 valence electrons. The Bertz CT molecular complexity index is 540. The van der Waals surface area contributed by atoms with E-state index >= 15 is 0 Å². The third-order valence-electron chi connectivity index (χ3n) is 1.82. The van der Waals surface area contributed by atoms with E-state index in [1.54, 1.807) is 18.2 Å². The Labute approximate surface area is 112 Å². The molecular weight excluding hydrogens is 284 g/mol. The van der Waals surface area contributed by atoms with Gasteiger partial charge in [0.1, 0.15) is 0 Å². The van der Waals surface area contributed by atoms with Gasteiger partial charge in [-0.3, -0.25) is 0 Å². The van der Waals surface area contributed by atoms with Gasteiger partial charge < -0.3 is 11.1 Å². The van der Waals surface area contributed by atoms with Gasteiger partial charge in [0.05, 0.1) is 15.7 Å². The number of nitrogens with one attached hydrogen (secondary N) is 1. The molecule has 0 aliphatic heterocycles. The average Bonchev–Trinajstić information content (AvgIpc) is 2.23. The number of rotatable bonds is 2. The monoisotopic (exact) mass is 289 g/mol. The highest BCUT2D eigenvalue weighted by Crippen LogP contribution is 2.31. The number of aromatic nitrogens is 3. The van der Waals surface area contributed by atoms with Crippen LogP contribution in [0.4, 0.5) is 17.6 Å². The molecule has 1 aromatic carbocycles. The largest absolute Gasteiger partial charge is 0.368 e. The van der Waals surface area contributed by atoms with Crippen LogP contribution in [0, 0.1) is 0 Å². The Balaban J connectivity index is 2.34. The summed E-state index contributed by atoms with van der Waals surface area (Å²) in [5.74, 6) is 0.220. The molecule has 0 bridgehead atoms. The fourth-order valence-corrected chi connectivity index (χ4v) is 1.66. The van der Waals surface area contributed by atoms with Crippen molar-refractivity contribution in [2.75, 3.05) is 11.1 Å². The van der Waals surface area contributed by atoms with E-state index in [0.29, 0.717) is 15.7 Å². The molecule has 2 rings (SSSR count). The van der Waals surface area contributed by atoms with Crippen molar-refractivity contribution in [3.8, 4) is 0 Å². The minimum atomic E-state index is -0.00171. The summed E-state index contributed by atoms with van der Waals surface area (Å²) < 4.78 is 0. The first-order chi connectivity index (χ1) is 8.06. The van der Waals surface area contributed by atoms with Crippen molar-refractivity contribution in [3.05, 3.63) is 33.5 Å². The van der Waals surface area contributed by atoms with Crippen LogP contribution in [0.3, 0.4) is 0 Å². The van der Waals surface area contributed by atoms with E-state index in [1.165, 1.54) is 0 Å². The van der Waals surface area contributed by atoms with E-state index in [-0.39, 0.29) is 17.2 Å². The standard InChI is InChI=1S/C9H6Cl3N5/c10-4-2-1-3-5(6(4)11)14-9-16-7(12)15-8(13)17-9/h1-3H,(H3,13,14,15,16,17). The van der Waals surface area contributed by atoms with Crippen LogP contribution in [0.2, 0.25) is 15.3 Å². The van der Waals surface area contributed by atoms with Crippen molar-refractivity contribution in [1.29, 1.82) is 0 Å². The quantitative estimate of drug-likeness (QED) is 0.888. The lowest BCUT2D eigenvalue weighted by Crippen LogP contribution is -2.03. The van der Waals surface area contributed by atoms with Crippen LogP contribution in [0.1, 0.15) is 0 Å². The zero-order valence-electron chi connectivity index (χ0n) is 8.28. The van der Waals surface area contributed by atoms with Gasteiger partial charge in [-0.25, -0.2) is 0 Å². The number of nitrogens with zero attached hydrogens (tertiary/aromatic N) is 3. The normalized spacial score (nSPS) is 10.3. The molecule has 2 aromatic rings. The first-order valence-electron chi connectivity index (χ1n) is 4.44. The molecule has 8 heteroatoms. The number of nitrogens with two attached hydrogens (primary N) is 1. The van der Waals surface area contributed by atoms with Gasteiger partial charge in [-0.1, -0.05) is 29.3 Å². The summed E-state index contributed by atoms with van der Waals surface area (Å²) in [6.45, 7) is 0. The van der Waals surface area contributed by atoms with Crippen LogP contribution in [-0.2, 0) is 0 Å². The summed E-state index contributed by atoms with van der Waals surface area (Å²) in [5, 5.41) is 3.64. The van der Waals surface area contributed by atoms with E-state index in [0.717, 1.165) is 0 Å². The van der Waals surface area contributed by atoms with Crippen molar-refractivity contribution in [2.24, 2.45) is 0 Å². The van der Waals surface area contributed by atoms with Gasteiger partial charge in [0.15, 0.2) is 0 Å². The second kappa shape index (κ2) is 4.91. The fraction of sp³-hybridized carbons (Fsp3) is 0. The summed E-state index contributed by atoms with van der Waals surface area (Å²) in [6, 6.07) is 5.13. The van der Waals surface area contributed by atoms with E-state index in [1.807, 2.05) is 0 Å². The minimum Gasteiger partial charge on any atom is -0.368 e. The van der Waals surface area contributed by atoms with Gasteiger partial charge in [0.25, 0.3) is 0 Å². The maximum absolute atomic E-state index is 5.99. The predicted molar refractivity (Wildman–Crippen MR) is 69.0 cm³/mol. The molecule has 0 spiro atoms. The topological polar surface area (TPSA) is 76.7 Å². The van der Waals surface area contributed by atoms with Crippen molar-refractivity contribution < 1.29 is 0 Å². The number of anilines is 3. The predicted octanol–water partition coefficient (Wildman–Crippen LogP) is 3.16. The zero-order valence-corrected chi connectivity index (χ0v) is 10.6. The highest BCUT2D eigenvalue weighted by molar-refractivity contribution is 6.43. The summed E-state index contributed by atoms with van der Waals surface area (Å²) >= 11 is 17.5. The van der Waals surface area contributed by atoms with Gasteiger partial charge in [0.2, 0.25) is 17.2 Å². The molecule has 0 fully saturated rings. The van der Waals surface area contributed by atoms with Crippen LogP contribution in [0.5, 0.6) is 0 Å². The SMILES string of the molecule is Nc1nc(Cl)nc(Nc2cccc(Cl)c2Cl)n1. The van der Waals surface area contributed by atoms with Gasteiger partial charge in [0, 0.05) is 0 Å². The Morgan fingerprint density at radius 3 is 2.53 bits per heavy atom. The first kappa shape index (κ1) is 12.2. The molecule has 0 atom stereocenters. The van der Waals surface area contributed by atoms with Crippen LogP contribution in [0.15, 0.2) is 18.2 Å². The maximum atomic E-state index is 5.99. The molecule has 0 radical (unpaired) electrons. The third-order valence-corrected chi connectivity index (χ3v) is 2.81. The van der Waals surface area contributed by atoms with Crippen LogP contribution >= 0.6 is 34.8 Å². The highest BCUT2D eigenvalue weighted by Gasteiger charge is 2.07. The molecular formula is C9H6Cl3N5. The third kappa shape index (κ3) is 2.88. The van der Waals surface area contributed by atoms with E-state index in [2.05, 4.69) is 20.3 Å². The van der Waals surface area contributed by atoms with Crippen LogP contribution < -0.4 is 11.1 Å². The second-order valence-electron chi connectivity index (χ2n) is 3.01. The number of benzene rings is 1. The molecule has 0 aliphatic carbocycles. The van der Waals surface area contributed by atoms with Gasteiger partial charge in [-0.15, -0.1) is 0 Å². The first-order valence-corrected chi connectivity index (χ1v) is 5.58. The van der Waals surface area contributed by atoms with E-state index in [9.17, 15) is 0 Å². The van der Waals surface area contributed by atoms with Gasteiger partial charge in [-0.05, 0) is 23.7 Å². The van der Waals surface area contributed by atoms with Crippen molar-refractivity contribution in [3.63, 3.8) is 0 Å². The molecule has 0 saturated carbocycles. The lowest BCUT2D eigenvalue weighted by Gasteiger charge is -2.07. The molecule has 0 amide bonds. The Morgan fingerprint density at radius 1 is 1.06 bits per heavy atom. The van der Waals surface area contributed by atoms with E-state index < -0.39 is 0 Å². The molecule has 5 nitrogen and oxygen atoms in total. The Kier molecular flexibility index (Phi) is 3.51. The summed E-state index contributed by atoms with van der Waals surface area (Å²) in [6.07, 6.45) is 0. The van der Waals surface area contributed by atoms with Crippen molar-refractivity contribution in [1.82, 2.24) is 15.0 Å². The summed E-state index contributed by atoms with van der Waals surface area (Å²) in [5.41, 5.74) is 5.99. The Hall–Kier alpha value is -1.30. The molecule has 3 N–H and O–H groups in total. The molecule has 17 heavy (non-hydrogen) atoms. The number of hydrogen-bond acceptors (Lipinski definition) is 5. The molecule has 0 saturated heterocycles. The zero-order chi connectivity index (χ0) is 12.4. The van der Waals surface area contributed by atoms with Crippen LogP contribution in [0.25, 0.3) is 0 Å². The lowest BCUT2D eigenvalue weighted by atomic mass is 10.3. The smallest absolute Gasteiger partial charge is 0.233 e. The number of halogens is 3. The molecule has 1 aromatic heterocycles. The molecule has 1 heterocycles. The average molecular weight is 291 g/mol. The summed E-state index contributed by atoms with van der Waals surface area (Å²) in [7, 11) is 0. The number of hydrogen-bond donors (Lipinski definition) is 2. The molecule has 0 aliphatic rings. The fourth-order valence-electron chi connectivity index (χ4n) is 1.14. The highest BCUT2D eigenvalue weighted by atomic mass is 35.5. The van der Waals surface area contributed by atoms with Crippen LogP contribution in [-0.4, -0.2) is 15.0 Å². The van der Waals surface area contributed by atoms with Gasteiger partial charge in [-0.2, -0.15) is 15.0 Å². The maximum Gasteiger partial charge on any atom is 0.233 e. The van der Waals surface area contributed by atoms with E-state index in [4.69, 9.17) is 40.5 Å².